The summed E-state index contributed by atoms with van der Waals surface area (Å²) >= 11 is 0. The SMILES string of the molecule is CCC(=O)N[C@@H](NS(=O)(=O)c1cc2ccccc2o1)c1cccc(-c2ccc(C(F)(F)F)nc2)c1. The van der Waals surface area contributed by atoms with Gasteiger partial charge < -0.3 is 9.73 Å². The van der Waals surface area contributed by atoms with E-state index in [2.05, 4.69) is 15.0 Å². The second-order valence-electron chi connectivity index (χ2n) is 7.63. The van der Waals surface area contributed by atoms with Crippen LogP contribution in [0.5, 0.6) is 0 Å². The van der Waals surface area contributed by atoms with Gasteiger partial charge in [0.05, 0.1) is 0 Å². The van der Waals surface area contributed by atoms with Crippen molar-refractivity contribution in [2.24, 2.45) is 0 Å². The average Bonchev–Trinajstić information content (AvgIpc) is 3.29. The fourth-order valence-electron chi connectivity index (χ4n) is 3.38. The molecule has 35 heavy (non-hydrogen) atoms. The maximum Gasteiger partial charge on any atom is 0.433 e. The fourth-order valence-corrected chi connectivity index (χ4v) is 4.48. The number of amides is 1. The average molecular weight is 504 g/mol. The van der Waals surface area contributed by atoms with E-state index < -0.39 is 34.0 Å². The summed E-state index contributed by atoms with van der Waals surface area (Å²) in [5.74, 6) is -0.413. The maximum atomic E-state index is 13.1. The highest BCUT2D eigenvalue weighted by molar-refractivity contribution is 7.89. The Morgan fingerprint density at radius 3 is 2.46 bits per heavy atom. The van der Waals surface area contributed by atoms with Crippen LogP contribution in [0.15, 0.2) is 82.4 Å². The minimum atomic E-state index is -4.56. The molecule has 4 aromatic rings. The summed E-state index contributed by atoms with van der Waals surface area (Å²) in [6.45, 7) is 1.62. The van der Waals surface area contributed by atoms with Gasteiger partial charge in [-0.15, -0.1) is 0 Å². The molecule has 7 nitrogen and oxygen atoms in total. The van der Waals surface area contributed by atoms with Gasteiger partial charge in [-0.05, 0) is 29.3 Å². The number of furan rings is 1. The predicted octanol–water partition coefficient (Wildman–Crippen LogP) is 5.02. The van der Waals surface area contributed by atoms with Crippen LogP contribution >= 0.6 is 0 Å². The second kappa shape index (κ2) is 9.51. The smallest absolute Gasteiger partial charge is 0.433 e. The van der Waals surface area contributed by atoms with E-state index in [1.54, 1.807) is 55.5 Å². The number of carbonyl (C=O) groups is 1. The van der Waals surface area contributed by atoms with Crippen molar-refractivity contribution in [3.05, 3.63) is 84.2 Å². The summed E-state index contributed by atoms with van der Waals surface area (Å²) in [4.78, 5) is 15.6. The van der Waals surface area contributed by atoms with E-state index in [9.17, 15) is 26.4 Å². The van der Waals surface area contributed by atoms with Crippen molar-refractivity contribution in [1.82, 2.24) is 15.0 Å². The number of aromatic nitrogens is 1. The molecule has 0 unspecified atom stereocenters. The number of rotatable bonds is 7. The molecule has 1 atom stereocenters. The van der Waals surface area contributed by atoms with Crippen molar-refractivity contribution in [2.75, 3.05) is 0 Å². The van der Waals surface area contributed by atoms with E-state index in [1.165, 1.54) is 12.1 Å². The molecule has 2 heterocycles. The van der Waals surface area contributed by atoms with Crippen LogP contribution in [0.3, 0.4) is 0 Å². The minimum absolute atomic E-state index is 0.103. The fraction of sp³-hybridized carbons (Fsp3) is 0.167. The Morgan fingerprint density at radius 2 is 1.80 bits per heavy atom. The first-order chi connectivity index (χ1) is 16.6. The van der Waals surface area contributed by atoms with Crippen LogP contribution in [0.25, 0.3) is 22.1 Å². The molecule has 0 spiro atoms. The third-order valence-electron chi connectivity index (χ3n) is 5.17. The van der Waals surface area contributed by atoms with Crippen molar-refractivity contribution in [2.45, 2.75) is 30.8 Å². The van der Waals surface area contributed by atoms with Crippen molar-refractivity contribution < 1.29 is 30.8 Å². The molecule has 0 saturated heterocycles. The highest BCUT2D eigenvalue weighted by Crippen LogP contribution is 2.30. The molecule has 0 radical (unpaired) electrons. The standard InChI is InChI=1S/C24H20F3N3O4S/c1-2-21(31)29-23(30-35(32,33)22-13-16-6-3-4-9-19(16)34-22)17-8-5-7-15(12-17)18-10-11-20(28-14-18)24(25,26)27/h3-14,23,30H,2H2,1H3,(H,29,31)/t23-/m0/s1. The molecule has 0 aliphatic rings. The zero-order valence-corrected chi connectivity index (χ0v) is 19.2. The lowest BCUT2D eigenvalue weighted by Gasteiger charge is -2.20. The van der Waals surface area contributed by atoms with Gasteiger partial charge in [0.15, 0.2) is 0 Å². The molecule has 182 valence electrons. The topological polar surface area (TPSA) is 101 Å². The number of sulfonamides is 1. The lowest BCUT2D eigenvalue weighted by atomic mass is 10.0. The van der Waals surface area contributed by atoms with Gasteiger partial charge in [0.25, 0.3) is 10.0 Å². The van der Waals surface area contributed by atoms with Crippen molar-refractivity contribution in [3.8, 4) is 11.1 Å². The third-order valence-corrected chi connectivity index (χ3v) is 6.45. The van der Waals surface area contributed by atoms with Crippen LogP contribution in [-0.4, -0.2) is 19.3 Å². The first-order valence-corrected chi connectivity index (χ1v) is 12.0. The lowest BCUT2D eigenvalue weighted by molar-refractivity contribution is -0.141. The molecule has 0 fully saturated rings. The van der Waals surface area contributed by atoms with Gasteiger partial charge in [-0.1, -0.05) is 49.4 Å². The van der Waals surface area contributed by atoms with Crippen LogP contribution in [-0.2, 0) is 21.0 Å². The molecule has 0 aliphatic heterocycles. The Bertz CT molecular complexity index is 1430. The van der Waals surface area contributed by atoms with E-state index in [0.29, 0.717) is 27.7 Å². The number of halogens is 3. The van der Waals surface area contributed by atoms with E-state index >= 15 is 0 Å². The summed E-state index contributed by atoms with van der Waals surface area (Å²) in [5, 5.41) is 2.89. The van der Waals surface area contributed by atoms with Crippen LogP contribution in [0, 0.1) is 0 Å². The number of hydrogen-bond donors (Lipinski definition) is 2. The minimum Gasteiger partial charge on any atom is -0.443 e. The summed E-state index contributed by atoms with van der Waals surface area (Å²) in [6.07, 6.45) is -4.54. The van der Waals surface area contributed by atoms with E-state index in [1.807, 2.05) is 0 Å². The van der Waals surface area contributed by atoms with Crippen molar-refractivity contribution >= 4 is 26.9 Å². The van der Waals surface area contributed by atoms with Gasteiger partial charge in [-0.3, -0.25) is 9.78 Å². The lowest BCUT2D eigenvalue weighted by Crippen LogP contribution is -2.40. The molecular weight excluding hydrogens is 483 g/mol. The molecule has 2 aromatic heterocycles. The quantitative estimate of drug-likeness (QED) is 0.345. The monoisotopic (exact) mass is 503 g/mol. The number of para-hydroxylation sites is 1. The maximum absolute atomic E-state index is 13.1. The first kappa shape index (κ1) is 24.4. The van der Waals surface area contributed by atoms with Gasteiger partial charge in [0, 0.05) is 29.6 Å². The summed E-state index contributed by atoms with van der Waals surface area (Å²) in [5.41, 5.74) is 0.606. The molecule has 2 aromatic carbocycles. The number of benzene rings is 2. The Kier molecular flexibility index (Phi) is 6.64. The Morgan fingerprint density at radius 1 is 1.03 bits per heavy atom. The van der Waals surface area contributed by atoms with E-state index in [0.717, 1.165) is 12.3 Å². The summed E-state index contributed by atoms with van der Waals surface area (Å²) in [7, 11) is -4.19. The highest BCUT2D eigenvalue weighted by Gasteiger charge is 2.32. The van der Waals surface area contributed by atoms with Gasteiger partial charge >= 0.3 is 6.18 Å². The van der Waals surface area contributed by atoms with Crippen molar-refractivity contribution in [1.29, 1.82) is 0 Å². The molecule has 11 heteroatoms. The van der Waals surface area contributed by atoms with Crippen LogP contribution < -0.4 is 10.0 Å². The van der Waals surface area contributed by atoms with E-state index in [-0.39, 0.29) is 11.5 Å². The zero-order chi connectivity index (χ0) is 25.2. The third kappa shape index (κ3) is 5.52. The number of hydrogen-bond acceptors (Lipinski definition) is 5. The molecule has 4 rings (SSSR count). The molecule has 1 amide bonds. The molecular formula is C24H20F3N3O4S. The van der Waals surface area contributed by atoms with Crippen molar-refractivity contribution in [3.63, 3.8) is 0 Å². The van der Waals surface area contributed by atoms with Gasteiger partial charge in [-0.2, -0.15) is 17.9 Å². The van der Waals surface area contributed by atoms with Gasteiger partial charge in [0.1, 0.15) is 17.4 Å². The van der Waals surface area contributed by atoms with Crippen LogP contribution in [0.1, 0.15) is 30.8 Å². The number of carbonyl (C=O) groups excluding carboxylic acids is 1. The number of pyridine rings is 1. The number of nitrogens with one attached hydrogen (secondary N) is 2. The molecule has 0 bridgehead atoms. The van der Waals surface area contributed by atoms with Crippen LogP contribution in [0.2, 0.25) is 0 Å². The summed E-state index contributed by atoms with van der Waals surface area (Å²) in [6, 6.07) is 16.7. The molecule has 0 aliphatic carbocycles. The molecule has 0 saturated carbocycles. The molecule has 2 N–H and O–H groups in total. The second-order valence-corrected chi connectivity index (χ2v) is 9.28. The first-order valence-electron chi connectivity index (χ1n) is 10.5. The van der Waals surface area contributed by atoms with Gasteiger partial charge in [0.2, 0.25) is 11.0 Å². The van der Waals surface area contributed by atoms with Gasteiger partial charge in [-0.25, -0.2) is 8.42 Å². The summed E-state index contributed by atoms with van der Waals surface area (Å²) < 4.78 is 72.6. The predicted molar refractivity (Wildman–Crippen MR) is 122 cm³/mol. The van der Waals surface area contributed by atoms with E-state index in [4.69, 9.17) is 4.42 Å². The number of fused-ring (bicyclic) bond motifs is 1. The Hall–Kier alpha value is -3.70. The number of alkyl halides is 3. The van der Waals surface area contributed by atoms with Crippen LogP contribution in [0.4, 0.5) is 13.2 Å². The Labute approximate surface area is 199 Å². The highest BCUT2D eigenvalue weighted by atomic mass is 32.2. The largest absolute Gasteiger partial charge is 0.443 e. The Balaban J connectivity index is 1.67. The zero-order valence-electron chi connectivity index (χ0n) is 18.3. The number of nitrogens with zero attached hydrogens (tertiary/aromatic N) is 1. The normalized spacial score (nSPS) is 13.0.